The highest BCUT2D eigenvalue weighted by Gasteiger charge is 2.16. The molecule has 0 saturated heterocycles. The molecule has 124 valence electrons. The summed E-state index contributed by atoms with van der Waals surface area (Å²) in [6.07, 6.45) is 0. The second kappa shape index (κ2) is 6.05. The van der Waals surface area contributed by atoms with Gasteiger partial charge in [0.05, 0.1) is 11.7 Å². The number of fused-ring (bicyclic) bond motifs is 1. The van der Waals surface area contributed by atoms with E-state index < -0.39 is 6.04 Å². The van der Waals surface area contributed by atoms with E-state index in [4.69, 9.17) is 5.73 Å². The topological polar surface area (TPSA) is 72.9 Å². The number of nitrogens with two attached hydrogens (primary N) is 1. The molecule has 3 N–H and O–H groups in total. The van der Waals surface area contributed by atoms with Gasteiger partial charge in [0.1, 0.15) is 17.3 Å². The third-order valence-corrected chi connectivity index (χ3v) is 4.07. The van der Waals surface area contributed by atoms with Gasteiger partial charge in [0.25, 0.3) is 0 Å². The second-order valence-corrected chi connectivity index (χ2v) is 5.89. The van der Waals surface area contributed by atoms with Gasteiger partial charge in [-0.15, -0.1) is 0 Å². The van der Waals surface area contributed by atoms with E-state index >= 15 is 0 Å². The van der Waals surface area contributed by atoms with Crippen LogP contribution in [-0.4, -0.2) is 21.5 Å². The number of aryl methyl sites for hydroxylation is 2. The summed E-state index contributed by atoms with van der Waals surface area (Å²) in [5.74, 6) is -0.100. The predicted octanol–water partition coefficient (Wildman–Crippen LogP) is 2.97. The molecule has 0 bridgehead atoms. The molecule has 0 aliphatic heterocycles. The molecular weight excluding hydrogens is 307 g/mol. The summed E-state index contributed by atoms with van der Waals surface area (Å²) in [7, 11) is 1.90. The Labute approximate surface area is 139 Å². The fraction of sp³-hybridized carbons (Fsp3) is 0.222. The maximum absolute atomic E-state index is 13.2. The number of nitrogens with zero attached hydrogens (tertiary/aromatic N) is 2. The van der Waals surface area contributed by atoms with Crippen LogP contribution in [0.5, 0.6) is 0 Å². The maximum Gasteiger partial charge on any atom is 0.242 e. The number of rotatable bonds is 3. The molecule has 0 unspecified atom stereocenters. The molecule has 1 amide bonds. The van der Waals surface area contributed by atoms with Gasteiger partial charge in [-0.3, -0.25) is 4.79 Å². The lowest BCUT2D eigenvalue weighted by molar-refractivity contribution is -0.117. The molecule has 5 nitrogen and oxygen atoms in total. The first kappa shape index (κ1) is 16.1. The Morgan fingerprint density at radius 1 is 1.25 bits per heavy atom. The van der Waals surface area contributed by atoms with Crippen LogP contribution >= 0.6 is 0 Å². The standard InChI is InChI=1S/C18H19FN4O/c1-10-14-8-9-15(22-18(24)11(2)20)21-17(14)23(3)16(10)12-4-6-13(19)7-5-12/h4-9,11H,20H2,1-3H3,(H,21,22,24)/t11-/m0/s1. The normalized spacial score (nSPS) is 12.4. The Morgan fingerprint density at radius 2 is 1.92 bits per heavy atom. The van der Waals surface area contributed by atoms with Crippen molar-refractivity contribution in [1.82, 2.24) is 9.55 Å². The van der Waals surface area contributed by atoms with E-state index in [1.54, 1.807) is 25.1 Å². The number of anilines is 1. The van der Waals surface area contributed by atoms with E-state index in [1.165, 1.54) is 12.1 Å². The van der Waals surface area contributed by atoms with Gasteiger partial charge in [0.2, 0.25) is 5.91 Å². The molecule has 1 aromatic carbocycles. The number of hydrogen-bond acceptors (Lipinski definition) is 3. The van der Waals surface area contributed by atoms with Gasteiger partial charge in [0.15, 0.2) is 0 Å². The lowest BCUT2D eigenvalue weighted by Gasteiger charge is -2.08. The molecule has 1 atom stereocenters. The average Bonchev–Trinajstić information content (AvgIpc) is 2.79. The summed E-state index contributed by atoms with van der Waals surface area (Å²) < 4.78 is 15.1. The van der Waals surface area contributed by atoms with E-state index in [0.717, 1.165) is 27.9 Å². The van der Waals surface area contributed by atoms with Crippen LogP contribution in [0.3, 0.4) is 0 Å². The van der Waals surface area contributed by atoms with Crippen LogP contribution in [0, 0.1) is 12.7 Å². The molecular formula is C18H19FN4O. The van der Waals surface area contributed by atoms with Gasteiger partial charge < -0.3 is 15.6 Å². The Bertz CT molecular complexity index is 913. The van der Waals surface area contributed by atoms with Crippen LogP contribution in [-0.2, 0) is 11.8 Å². The van der Waals surface area contributed by atoms with Gasteiger partial charge in [-0.25, -0.2) is 9.37 Å². The molecule has 0 saturated carbocycles. The Morgan fingerprint density at radius 3 is 2.54 bits per heavy atom. The highest BCUT2D eigenvalue weighted by Crippen LogP contribution is 2.32. The van der Waals surface area contributed by atoms with Crippen LogP contribution in [0.4, 0.5) is 10.2 Å². The third kappa shape index (κ3) is 2.76. The molecule has 2 heterocycles. The minimum Gasteiger partial charge on any atom is -0.328 e. The van der Waals surface area contributed by atoms with Crippen molar-refractivity contribution < 1.29 is 9.18 Å². The van der Waals surface area contributed by atoms with Crippen molar-refractivity contribution in [3.8, 4) is 11.3 Å². The van der Waals surface area contributed by atoms with Crippen molar-refractivity contribution in [3.05, 3.63) is 47.8 Å². The molecule has 0 spiro atoms. The zero-order chi connectivity index (χ0) is 17.4. The van der Waals surface area contributed by atoms with Crippen molar-refractivity contribution in [2.75, 3.05) is 5.32 Å². The van der Waals surface area contributed by atoms with Gasteiger partial charge in [-0.1, -0.05) is 0 Å². The summed E-state index contributed by atoms with van der Waals surface area (Å²) in [4.78, 5) is 16.3. The van der Waals surface area contributed by atoms with Crippen LogP contribution in [0.15, 0.2) is 36.4 Å². The van der Waals surface area contributed by atoms with Crippen LogP contribution in [0.2, 0.25) is 0 Å². The Balaban J connectivity index is 2.10. The highest BCUT2D eigenvalue weighted by atomic mass is 19.1. The summed E-state index contributed by atoms with van der Waals surface area (Å²) in [6.45, 7) is 3.62. The largest absolute Gasteiger partial charge is 0.328 e. The number of carbonyl (C=O) groups excluding carboxylic acids is 1. The van der Waals surface area contributed by atoms with Crippen LogP contribution in [0.1, 0.15) is 12.5 Å². The number of amides is 1. The number of hydrogen-bond donors (Lipinski definition) is 2. The fourth-order valence-electron chi connectivity index (χ4n) is 2.81. The molecule has 24 heavy (non-hydrogen) atoms. The minimum absolute atomic E-state index is 0.269. The monoisotopic (exact) mass is 326 g/mol. The summed E-state index contributed by atoms with van der Waals surface area (Å²) in [5.41, 5.74) is 9.24. The van der Waals surface area contributed by atoms with Crippen molar-refractivity contribution >= 4 is 22.8 Å². The number of benzene rings is 1. The smallest absolute Gasteiger partial charge is 0.242 e. The first-order valence-electron chi connectivity index (χ1n) is 7.67. The summed E-state index contributed by atoms with van der Waals surface area (Å²) in [6, 6.07) is 9.44. The molecule has 0 fully saturated rings. The van der Waals surface area contributed by atoms with Gasteiger partial charge >= 0.3 is 0 Å². The fourth-order valence-corrected chi connectivity index (χ4v) is 2.81. The lowest BCUT2D eigenvalue weighted by Crippen LogP contribution is -2.32. The van der Waals surface area contributed by atoms with E-state index in [2.05, 4.69) is 10.3 Å². The molecule has 3 rings (SSSR count). The van der Waals surface area contributed by atoms with E-state index in [0.29, 0.717) is 5.82 Å². The quantitative estimate of drug-likeness (QED) is 0.777. The zero-order valence-electron chi connectivity index (χ0n) is 13.8. The van der Waals surface area contributed by atoms with Gasteiger partial charge in [0, 0.05) is 12.4 Å². The Hall–Kier alpha value is -2.73. The van der Waals surface area contributed by atoms with E-state index in [9.17, 15) is 9.18 Å². The van der Waals surface area contributed by atoms with Crippen LogP contribution in [0.25, 0.3) is 22.3 Å². The number of nitrogens with one attached hydrogen (secondary N) is 1. The molecule has 0 aliphatic rings. The van der Waals surface area contributed by atoms with Gasteiger partial charge in [-0.05, 0) is 61.4 Å². The molecule has 0 aliphatic carbocycles. The first-order chi connectivity index (χ1) is 11.4. The van der Waals surface area contributed by atoms with Crippen molar-refractivity contribution in [2.24, 2.45) is 12.8 Å². The number of aromatic nitrogens is 2. The molecule has 2 aromatic heterocycles. The number of halogens is 1. The van der Waals surface area contributed by atoms with Crippen molar-refractivity contribution in [3.63, 3.8) is 0 Å². The van der Waals surface area contributed by atoms with E-state index in [-0.39, 0.29) is 11.7 Å². The Kier molecular flexibility index (Phi) is 4.07. The zero-order valence-corrected chi connectivity index (χ0v) is 13.8. The SMILES string of the molecule is Cc1c(-c2ccc(F)cc2)n(C)c2nc(NC(=O)[C@H](C)N)ccc12. The van der Waals surface area contributed by atoms with E-state index in [1.807, 2.05) is 24.6 Å². The second-order valence-electron chi connectivity index (χ2n) is 5.89. The maximum atomic E-state index is 13.2. The highest BCUT2D eigenvalue weighted by molar-refractivity contribution is 5.95. The molecule has 6 heteroatoms. The third-order valence-electron chi connectivity index (χ3n) is 4.07. The lowest BCUT2D eigenvalue weighted by atomic mass is 10.1. The molecule has 3 aromatic rings. The number of pyridine rings is 1. The summed E-state index contributed by atoms with van der Waals surface area (Å²) >= 11 is 0. The van der Waals surface area contributed by atoms with Crippen molar-refractivity contribution in [2.45, 2.75) is 19.9 Å². The predicted molar refractivity (Wildman–Crippen MR) is 93.1 cm³/mol. The average molecular weight is 326 g/mol. The molecule has 0 radical (unpaired) electrons. The van der Waals surface area contributed by atoms with Crippen LogP contribution < -0.4 is 11.1 Å². The minimum atomic E-state index is -0.604. The van der Waals surface area contributed by atoms with Gasteiger partial charge in [-0.2, -0.15) is 0 Å². The van der Waals surface area contributed by atoms with Crippen molar-refractivity contribution in [1.29, 1.82) is 0 Å². The summed E-state index contributed by atoms with van der Waals surface area (Å²) in [5, 5.41) is 3.68. The first-order valence-corrected chi connectivity index (χ1v) is 7.67. The number of carbonyl (C=O) groups is 1.